The SMILES string of the molecule is COC(=O)/C=C/OC(CF)COS(=O)(=O)c1ccc(C)cc1. The number of ether oxygens (including phenoxy) is 2. The maximum atomic E-state index is 12.7. The molecular weight excluding hydrogens is 315 g/mol. The summed E-state index contributed by atoms with van der Waals surface area (Å²) >= 11 is 0. The average Bonchev–Trinajstić information content (AvgIpc) is 2.50. The Hall–Kier alpha value is -1.93. The van der Waals surface area contributed by atoms with Crippen LogP contribution in [0.4, 0.5) is 4.39 Å². The van der Waals surface area contributed by atoms with Gasteiger partial charge in [0.1, 0.15) is 13.3 Å². The third kappa shape index (κ3) is 5.82. The minimum atomic E-state index is -3.99. The molecular formula is C14H17FO6S. The zero-order chi connectivity index (χ0) is 16.6. The van der Waals surface area contributed by atoms with Crippen LogP contribution < -0.4 is 0 Å². The van der Waals surface area contributed by atoms with E-state index in [9.17, 15) is 17.6 Å². The van der Waals surface area contributed by atoms with Crippen LogP contribution in [-0.2, 0) is 28.6 Å². The van der Waals surface area contributed by atoms with Gasteiger partial charge in [-0.3, -0.25) is 4.18 Å². The summed E-state index contributed by atoms with van der Waals surface area (Å²) in [4.78, 5) is 10.8. The molecule has 1 aromatic carbocycles. The van der Waals surface area contributed by atoms with Crippen molar-refractivity contribution in [2.45, 2.75) is 17.9 Å². The van der Waals surface area contributed by atoms with Gasteiger partial charge in [0.2, 0.25) is 0 Å². The number of hydrogen-bond donors (Lipinski definition) is 0. The Morgan fingerprint density at radius 2 is 1.95 bits per heavy atom. The Morgan fingerprint density at radius 3 is 2.50 bits per heavy atom. The van der Waals surface area contributed by atoms with Gasteiger partial charge in [0.25, 0.3) is 10.1 Å². The van der Waals surface area contributed by atoms with Gasteiger partial charge in [0.05, 0.1) is 24.3 Å². The fraction of sp³-hybridized carbons (Fsp3) is 0.357. The second kappa shape index (κ2) is 8.50. The molecule has 0 N–H and O–H groups in total. The fourth-order valence-electron chi connectivity index (χ4n) is 1.33. The molecule has 1 atom stereocenters. The van der Waals surface area contributed by atoms with Gasteiger partial charge in [0.15, 0.2) is 6.10 Å². The van der Waals surface area contributed by atoms with Crippen LogP contribution in [0.3, 0.4) is 0 Å². The predicted octanol–water partition coefficient (Wildman–Crippen LogP) is 1.74. The standard InChI is InChI=1S/C14H17FO6S/c1-11-3-5-13(6-4-11)22(17,18)21-10-12(9-15)20-8-7-14(16)19-2/h3-8,12H,9-10H2,1-2H3/b8-7+. The van der Waals surface area contributed by atoms with Gasteiger partial charge in [-0.1, -0.05) is 17.7 Å². The summed E-state index contributed by atoms with van der Waals surface area (Å²) in [6.45, 7) is 0.324. The Labute approximate surface area is 128 Å². The highest BCUT2D eigenvalue weighted by atomic mass is 32.2. The van der Waals surface area contributed by atoms with Crippen molar-refractivity contribution in [3.05, 3.63) is 42.2 Å². The summed E-state index contributed by atoms with van der Waals surface area (Å²) in [7, 11) is -2.81. The van der Waals surface area contributed by atoms with Crippen molar-refractivity contribution in [1.82, 2.24) is 0 Å². The number of methoxy groups -OCH3 is 1. The lowest BCUT2D eigenvalue weighted by atomic mass is 10.2. The van der Waals surface area contributed by atoms with Crippen molar-refractivity contribution < 1.29 is 31.3 Å². The van der Waals surface area contributed by atoms with Crippen LogP contribution >= 0.6 is 0 Å². The van der Waals surface area contributed by atoms with Crippen molar-refractivity contribution in [3.63, 3.8) is 0 Å². The molecule has 1 unspecified atom stereocenters. The minimum Gasteiger partial charge on any atom is -0.493 e. The molecule has 0 saturated heterocycles. The van der Waals surface area contributed by atoms with Crippen molar-refractivity contribution in [3.8, 4) is 0 Å². The fourth-order valence-corrected chi connectivity index (χ4v) is 2.27. The van der Waals surface area contributed by atoms with Crippen LogP contribution in [0.15, 0.2) is 41.5 Å². The topological polar surface area (TPSA) is 78.9 Å². The van der Waals surface area contributed by atoms with E-state index in [2.05, 4.69) is 4.74 Å². The highest BCUT2D eigenvalue weighted by Gasteiger charge is 2.18. The number of carbonyl (C=O) groups excluding carboxylic acids is 1. The van der Waals surface area contributed by atoms with Gasteiger partial charge in [0, 0.05) is 0 Å². The number of benzene rings is 1. The number of hydrogen-bond acceptors (Lipinski definition) is 6. The first-order valence-electron chi connectivity index (χ1n) is 6.31. The van der Waals surface area contributed by atoms with E-state index >= 15 is 0 Å². The Kier molecular flexibility index (Phi) is 7.00. The Balaban J connectivity index is 2.59. The summed E-state index contributed by atoms with van der Waals surface area (Å²) in [5, 5.41) is 0. The first kappa shape index (κ1) is 18.1. The van der Waals surface area contributed by atoms with E-state index in [-0.39, 0.29) is 4.90 Å². The highest BCUT2D eigenvalue weighted by Crippen LogP contribution is 2.14. The molecule has 0 spiro atoms. The second-order valence-electron chi connectivity index (χ2n) is 4.29. The largest absolute Gasteiger partial charge is 0.493 e. The number of halogens is 1. The highest BCUT2D eigenvalue weighted by molar-refractivity contribution is 7.86. The van der Waals surface area contributed by atoms with Crippen LogP contribution in [-0.4, -0.2) is 40.9 Å². The average molecular weight is 332 g/mol. The number of esters is 1. The first-order chi connectivity index (χ1) is 10.4. The molecule has 0 aliphatic heterocycles. The van der Waals surface area contributed by atoms with Gasteiger partial charge < -0.3 is 9.47 Å². The summed E-state index contributed by atoms with van der Waals surface area (Å²) in [5.74, 6) is -0.675. The molecule has 0 saturated carbocycles. The summed E-state index contributed by atoms with van der Waals surface area (Å²) in [5.41, 5.74) is 0.900. The third-order valence-corrected chi connectivity index (χ3v) is 3.86. The molecule has 0 aromatic heterocycles. The molecule has 8 heteroatoms. The van der Waals surface area contributed by atoms with Crippen LogP contribution in [0.25, 0.3) is 0 Å². The number of carbonyl (C=O) groups is 1. The van der Waals surface area contributed by atoms with E-state index in [0.29, 0.717) is 0 Å². The van der Waals surface area contributed by atoms with E-state index in [0.717, 1.165) is 17.9 Å². The first-order valence-corrected chi connectivity index (χ1v) is 7.72. The van der Waals surface area contributed by atoms with Gasteiger partial charge in [-0.2, -0.15) is 8.42 Å². The molecule has 0 radical (unpaired) electrons. The van der Waals surface area contributed by atoms with Crippen LogP contribution in [0.5, 0.6) is 0 Å². The molecule has 0 heterocycles. The molecule has 0 bridgehead atoms. The van der Waals surface area contributed by atoms with Crippen LogP contribution in [0, 0.1) is 6.92 Å². The lowest BCUT2D eigenvalue weighted by molar-refractivity contribution is -0.135. The number of alkyl halides is 1. The van der Waals surface area contributed by atoms with E-state index in [1.165, 1.54) is 19.2 Å². The second-order valence-corrected chi connectivity index (χ2v) is 5.91. The monoisotopic (exact) mass is 332 g/mol. The van der Waals surface area contributed by atoms with Gasteiger partial charge in [-0.25, -0.2) is 9.18 Å². The van der Waals surface area contributed by atoms with Crippen molar-refractivity contribution in [2.24, 2.45) is 0 Å². The van der Waals surface area contributed by atoms with Crippen molar-refractivity contribution in [1.29, 1.82) is 0 Å². The molecule has 0 aliphatic carbocycles. The lowest BCUT2D eigenvalue weighted by Crippen LogP contribution is -2.22. The quantitative estimate of drug-likeness (QED) is 0.312. The molecule has 1 rings (SSSR count). The Bertz CT molecular complexity index is 609. The number of rotatable bonds is 8. The number of aryl methyl sites for hydroxylation is 1. The zero-order valence-electron chi connectivity index (χ0n) is 12.2. The lowest BCUT2D eigenvalue weighted by Gasteiger charge is -2.13. The summed E-state index contributed by atoms with van der Waals surface area (Å²) in [6.07, 6.45) is 0.718. The van der Waals surface area contributed by atoms with Crippen molar-refractivity contribution in [2.75, 3.05) is 20.4 Å². The molecule has 122 valence electrons. The van der Waals surface area contributed by atoms with E-state index in [1.54, 1.807) is 12.1 Å². The van der Waals surface area contributed by atoms with Crippen molar-refractivity contribution >= 4 is 16.1 Å². The minimum absolute atomic E-state index is 0.0270. The normalized spacial score (nSPS) is 13.0. The molecule has 22 heavy (non-hydrogen) atoms. The maximum Gasteiger partial charge on any atom is 0.333 e. The molecule has 0 aliphatic rings. The van der Waals surface area contributed by atoms with Gasteiger partial charge in [-0.05, 0) is 19.1 Å². The Morgan fingerprint density at radius 1 is 1.32 bits per heavy atom. The summed E-state index contributed by atoms with van der Waals surface area (Å²) < 4.78 is 50.5. The van der Waals surface area contributed by atoms with E-state index in [1.807, 2.05) is 6.92 Å². The van der Waals surface area contributed by atoms with Crippen LogP contribution in [0.1, 0.15) is 5.56 Å². The molecule has 1 aromatic rings. The zero-order valence-corrected chi connectivity index (χ0v) is 13.0. The predicted molar refractivity (Wildman–Crippen MR) is 76.3 cm³/mol. The van der Waals surface area contributed by atoms with Gasteiger partial charge in [-0.15, -0.1) is 0 Å². The smallest absolute Gasteiger partial charge is 0.333 e. The van der Waals surface area contributed by atoms with Crippen LogP contribution in [0.2, 0.25) is 0 Å². The summed E-state index contributed by atoms with van der Waals surface area (Å²) in [6, 6.07) is 6.04. The molecule has 0 amide bonds. The van der Waals surface area contributed by atoms with E-state index in [4.69, 9.17) is 8.92 Å². The van der Waals surface area contributed by atoms with E-state index < -0.39 is 35.5 Å². The molecule has 6 nitrogen and oxygen atoms in total. The molecule has 0 fully saturated rings. The maximum absolute atomic E-state index is 12.7. The third-order valence-electron chi connectivity index (χ3n) is 2.57. The van der Waals surface area contributed by atoms with Gasteiger partial charge >= 0.3 is 5.97 Å².